The molecule has 1 atom stereocenters. The van der Waals surface area contributed by atoms with E-state index in [1.165, 1.54) is 6.42 Å². The summed E-state index contributed by atoms with van der Waals surface area (Å²) in [5, 5.41) is 15.5. The molecule has 1 aliphatic carbocycles. The maximum atomic E-state index is 11.7. The summed E-state index contributed by atoms with van der Waals surface area (Å²) in [5.41, 5.74) is -0.282. The first-order chi connectivity index (χ1) is 7.24. The van der Waals surface area contributed by atoms with Gasteiger partial charge in [-0.15, -0.1) is 0 Å². The first-order valence-corrected chi connectivity index (χ1v) is 5.89. The molecule has 1 heterocycles. The predicted octanol–water partition coefficient (Wildman–Crippen LogP) is 0.160. The maximum Gasteiger partial charge on any atom is 0.222 e. The Hall–Kier alpha value is -0.610. The molecule has 1 unspecified atom stereocenters. The second kappa shape index (κ2) is 4.49. The van der Waals surface area contributed by atoms with Crippen molar-refractivity contribution in [3.8, 4) is 0 Å². The molecule has 4 nitrogen and oxygen atoms in total. The van der Waals surface area contributed by atoms with Gasteiger partial charge in [0.15, 0.2) is 0 Å². The van der Waals surface area contributed by atoms with Crippen molar-refractivity contribution in [2.75, 3.05) is 13.2 Å². The monoisotopic (exact) mass is 212 g/mol. The summed E-state index contributed by atoms with van der Waals surface area (Å²) in [5.74, 6) is 0.0863. The summed E-state index contributed by atoms with van der Waals surface area (Å²) < 4.78 is 0. The molecular formula is C11H20N2O2. The average Bonchev–Trinajstić information content (AvgIpc) is 2.64. The fourth-order valence-electron chi connectivity index (χ4n) is 2.43. The van der Waals surface area contributed by atoms with Gasteiger partial charge in [-0.25, -0.2) is 0 Å². The van der Waals surface area contributed by atoms with Crippen LogP contribution < -0.4 is 10.6 Å². The van der Waals surface area contributed by atoms with Crippen molar-refractivity contribution in [3.05, 3.63) is 0 Å². The normalized spacial score (nSPS) is 28.5. The zero-order chi connectivity index (χ0) is 10.7. The molecule has 0 aromatic carbocycles. The van der Waals surface area contributed by atoms with E-state index in [9.17, 15) is 9.90 Å². The van der Waals surface area contributed by atoms with E-state index in [-0.39, 0.29) is 18.1 Å². The van der Waals surface area contributed by atoms with E-state index in [0.29, 0.717) is 12.5 Å². The van der Waals surface area contributed by atoms with Gasteiger partial charge in [0.05, 0.1) is 12.1 Å². The fourth-order valence-corrected chi connectivity index (χ4v) is 2.43. The van der Waals surface area contributed by atoms with E-state index in [1.807, 2.05) is 0 Å². The van der Waals surface area contributed by atoms with Gasteiger partial charge >= 0.3 is 0 Å². The maximum absolute atomic E-state index is 11.7. The molecular weight excluding hydrogens is 192 g/mol. The smallest absolute Gasteiger partial charge is 0.222 e. The van der Waals surface area contributed by atoms with Gasteiger partial charge in [-0.05, 0) is 38.6 Å². The molecule has 0 radical (unpaired) electrons. The first-order valence-electron chi connectivity index (χ1n) is 5.89. The van der Waals surface area contributed by atoms with Crippen molar-refractivity contribution in [1.29, 1.82) is 0 Å². The van der Waals surface area contributed by atoms with Crippen LogP contribution in [0.1, 0.15) is 38.5 Å². The van der Waals surface area contributed by atoms with E-state index in [1.54, 1.807) is 0 Å². The minimum Gasteiger partial charge on any atom is -0.394 e. The number of carbonyl (C=O) groups is 1. The third-order valence-electron chi connectivity index (χ3n) is 3.61. The van der Waals surface area contributed by atoms with Crippen LogP contribution in [0.3, 0.4) is 0 Å². The lowest BCUT2D eigenvalue weighted by molar-refractivity contribution is -0.125. The third kappa shape index (κ3) is 2.49. The summed E-state index contributed by atoms with van der Waals surface area (Å²) >= 11 is 0. The van der Waals surface area contributed by atoms with E-state index < -0.39 is 0 Å². The van der Waals surface area contributed by atoms with Crippen LogP contribution in [0.25, 0.3) is 0 Å². The molecule has 4 heteroatoms. The summed E-state index contributed by atoms with van der Waals surface area (Å²) in [6.45, 7) is 1.11. The van der Waals surface area contributed by atoms with Crippen LogP contribution in [0.15, 0.2) is 0 Å². The Kier molecular flexibility index (Phi) is 3.26. The Bertz CT molecular complexity index is 227. The van der Waals surface area contributed by atoms with Crippen molar-refractivity contribution in [1.82, 2.24) is 10.6 Å². The predicted molar refractivity (Wildman–Crippen MR) is 57.5 cm³/mol. The van der Waals surface area contributed by atoms with Gasteiger partial charge in [-0.1, -0.05) is 0 Å². The number of carbonyl (C=O) groups excluding carboxylic acids is 1. The van der Waals surface area contributed by atoms with Gasteiger partial charge in [-0.3, -0.25) is 4.79 Å². The van der Waals surface area contributed by atoms with Crippen LogP contribution in [-0.4, -0.2) is 35.7 Å². The molecule has 0 aromatic rings. The van der Waals surface area contributed by atoms with Gasteiger partial charge in [0.2, 0.25) is 5.91 Å². The molecule has 3 N–H and O–H groups in total. The molecule has 1 saturated heterocycles. The van der Waals surface area contributed by atoms with E-state index >= 15 is 0 Å². The highest BCUT2D eigenvalue weighted by Crippen LogP contribution is 2.31. The van der Waals surface area contributed by atoms with Gasteiger partial charge < -0.3 is 15.7 Å². The van der Waals surface area contributed by atoms with Crippen LogP contribution >= 0.6 is 0 Å². The van der Waals surface area contributed by atoms with Crippen LogP contribution in [0.2, 0.25) is 0 Å². The molecule has 0 bridgehead atoms. The van der Waals surface area contributed by atoms with Crippen LogP contribution in [0.5, 0.6) is 0 Å². The molecule has 0 spiro atoms. The summed E-state index contributed by atoms with van der Waals surface area (Å²) in [6.07, 6.45) is 5.79. The lowest BCUT2D eigenvalue weighted by Crippen LogP contribution is -2.56. The quantitative estimate of drug-likeness (QED) is 0.622. The van der Waals surface area contributed by atoms with Crippen molar-refractivity contribution < 1.29 is 9.90 Å². The Morgan fingerprint density at radius 1 is 1.47 bits per heavy atom. The molecule has 15 heavy (non-hydrogen) atoms. The Morgan fingerprint density at radius 3 is 2.73 bits per heavy atom. The van der Waals surface area contributed by atoms with Crippen LogP contribution in [-0.2, 0) is 4.79 Å². The highest BCUT2D eigenvalue weighted by atomic mass is 16.3. The number of aliphatic hydroxyl groups is 1. The summed E-state index contributed by atoms with van der Waals surface area (Å²) in [6, 6.07) is 0.348. The van der Waals surface area contributed by atoms with Gasteiger partial charge in [-0.2, -0.15) is 0 Å². The molecule has 2 fully saturated rings. The molecule has 2 rings (SSSR count). The molecule has 2 aliphatic rings. The zero-order valence-electron chi connectivity index (χ0n) is 9.09. The van der Waals surface area contributed by atoms with Crippen molar-refractivity contribution in [3.63, 3.8) is 0 Å². The standard InChI is InChI=1S/C11H20N2O2/c14-8-11(4-2-5-11)13-10(15)7-9-3-1-6-12-9/h9,12,14H,1-8H2,(H,13,15). The Balaban J connectivity index is 1.76. The second-order valence-corrected chi connectivity index (χ2v) is 4.84. The molecule has 1 amide bonds. The second-order valence-electron chi connectivity index (χ2n) is 4.84. The number of aliphatic hydroxyl groups excluding tert-OH is 1. The average molecular weight is 212 g/mol. The fraction of sp³-hybridized carbons (Fsp3) is 0.909. The first kappa shape index (κ1) is 10.9. The minimum atomic E-state index is -0.282. The summed E-state index contributed by atoms with van der Waals surface area (Å²) in [4.78, 5) is 11.7. The number of amides is 1. The van der Waals surface area contributed by atoms with Crippen molar-refractivity contribution >= 4 is 5.91 Å². The lowest BCUT2D eigenvalue weighted by Gasteiger charge is -2.41. The molecule has 1 saturated carbocycles. The number of hydrogen-bond donors (Lipinski definition) is 3. The Morgan fingerprint density at radius 2 is 2.27 bits per heavy atom. The Labute approximate surface area is 90.4 Å². The molecule has 1 aliphatic heterocycles. The van der Waals surface area contributed by atoms with E-state index in [4.69, 9.17) is 0 Å². The van der Waals surface area contributed by atoms with Crippen molar-refractivity contribution in [2.45, 2.75) is 50.1 Å². The SMILES string of the molecule is O=C(CC1CCCN1)NC1(CO)CCC1. The molecule has 86 valence electrons. The minimum absolute atomic E-state index is 0.0802. The third-order valence-corrected chi connectivity index (χ3v) is 3.61. The van der Waals surface area contributed by atoms with Crippen LogP contribution in [0.4, 0.5) is 0 Å². The number of hydrogen-bond acceptors (Lipinski definition) is 3. The number of nitrogens with one attached hydrogen (secondary N) is 2. The highest BCUT2D eigenvalue weighted by molar-refractivity contribution is 5.77. The van der Waals surface area contributed by atoms with Gasteiger partial charge in [0.25, 0.3) is 0 Å². The van der Waals surface area contributed by atoms with Gasteiger partial charge in [0.1, 0.15) is 0 Å². The highest BCUT2D eigenvalue weighted by Gasteiger charge is 2.37. The van der Waals surface area contributed by atoms with Crippen LogP contribution in [0, 0.1) is 0 Å². The van der Waals surface area contributed by atoms with Gasteiger partial charge in [0, 0.05) is 12.5 Å². The topological polar surface area (TPSA) is 61.4 Å². The van der Waals surface area contributed by atoms with E-state index in [0.717, 1.165) is 32.2 Å². The summed E-state index contributed by atoms with van der Waals surface area (Å²) in [7, 11) is 0. The largest absolute Gasteiger partial charge is 0.394 e. The lowest BCUT2D eigenvalue weighted by atomic mass is 9.77. The van der Waals surface area contributed by atoms with Crippen molar-refractivity contribution in [2.24, 2.45) is 0 Å². The number of rotatable bonds is 4. The molecule has 0 aromatic heterocycles. The zero-order valence-corrected chi connectivity index (χ0v) is 9.09. The van der Waals surface area contributed by atoms with E-state index in [2.05, 4.69) is 10.6 Å².